The van der Waals surface area contributed by atoms with Crippen LogP contribution in [-0.2, 0) is 6.54 Å². The zero-order chi connectivity index (χ0) is 11.5. The molecule has 0 amide bonds. The minimum atomic E-state index is 0.841. The second kappa shape index (κ2) is 5.00. The van der Waals surface area contributed by atoms with E-state index in [1.807, 2.05) is 13.1 Å². The second-order valence-electron chi connectivity index (χ2n) is 3.78. The zero-order valence-electron chi connectivity index (χ0n) is 9.38. The van der Waals surface area contributed by atoms with Crippen molar-refractivity contribution in [1.82, 2.24) is 5.32 Å². The van der Waals surface area contributed by atoms with Crippen molar-refractivity contribution in [2.45, 2.75) is 13.5 Å². The molecule has 0 saturated carbocycles. The Labute approximate surface area is 105 Å². The van der Waals surface area contributed by atoms with E-state index in [1.54, 1.807) is 11.3 Å². The third-order valence-corrected chi connectivity index (χ3v) is 3.77. The van der Waals surface area contributed by atoms with Gasteiger partial charge in [0.15, 0.2) is 0 Å². The molecule has 16 heavy (non-hydrogen) atoms. The van der Waals surface area contributed by atoms with Crippen LogP contribution in [0.3, 0.4) is 0 Å². The molecule has 1 nitrogen and oxygen atoms in total. The van der Waals surface area contributed by atoms with Crippen LogP contribution in [0.15, 0.2) is 30.3 Å². The molecule has 84 valence electrons. The fraction of sp³-hybridized carbons (Fsp3) is 0.231. The van der Waals surface area contributed by atoms with Gasteiger partial charge in [0.05, 0.1) is 4.34 Å². The van der Waals surface area contributed by atoms with Gasteiger partial charge in [-0.2, -0.15) is 0 Å². The van der Waals surface area contributed by atoms with Crippen molar-refractivity contribution in [3.8, 4) is 10.4 Å². The van der Waals surface area contributed by atoms with Crippen molar-refractivity contribution in [1.29, 1.82) is 0 Å². The van der Waals surface area contributed by atoms with Crippen molar-refractivity contribution >= 4 is 22.9 Å². The average molecular weight is 252 g/mol. The number of hydrogen-bond donors (Lipinski definition) is 1. The first kappa shape index (κ1) is 11.6. The molecule has 0 spiro atoms. The van der Waals surface area contributed by atoms with E-state index in [0.717, 1.165) is 10.9 Å². The fourth-order valence-corrected chi connectivity index (χ4v) is 2.91. The predicted octanol–water partition coefficient (Wildman–Crippen LogP) is 4.10. The minimum absolute atomic E-state index is 0.841. The summed E-state index contributed by atoms with van der Waals surface area (Å²) in [5.74, 6) is 0. The number of halogens is 1. The maximum absolute atomic E-state index is 5.95. The lowest BCUT2D eigenvalue weighted by Crippen LogP contribution is -2.05. The molecule has 0 aliphatic carbocycles. The van der Waals surface area contributed by atoms with Crippen LogP contribution in [0.2, 0.25) is 4.34 Å². The smallest absolute Gasteiger partial charge is 0.0934 e. The highest BCUT2D eigenvalue weighted by Crippen LogP contribution is 2.33. The van der Waals surface area contributed by atoms with E-state index in [-0.39, 0.29) is 0 Å². The van der Waals surface area contributed by atoms with Gasteiger partial charge >= 0.3 is 0 Å². The Morgan fingerprint density at radius 3 is 2.62 bits per heavy atom. The van der Waals surface area contributed by atoms with Crippen LogP contribution in [0.25, 0.3) is 10.4 Å². The van der Waals surface area contributed by atoms with Crippen LogP contribution in [0.1, 0.15) is 11.1 Å². The van der Waals surface area contributed by atoms with Crippen molar-refractivity contribution in [3.05, 3.63) is 45.8 Å². The number of benzene rings is 1. The SMILES string of the molecule is CNCc1ccc(-c2ccc(Cl)s2)c(C)c1. The molecule has 0 atom stereocenters. The van der Waals surface area contributed by atoms with E-state index in [4.69, 9.17) is 11.6 Å². The van der Waals surface area contributed by atoms with Gasteiger partial charge in [0.1, 0.15) is 0 Å². The first-order valence-electron chi connectivity index (χ1n) is 5.20. The van der Waals surface area contributed by atoms with Crippen LogP contribution >= 0.6 is 22.9 Å². The van der Waals surface area contributed by atoms with Gasteiger partial charge in [0.25, 0.3) is 0 Å². The number of aryl methyl sites for hydroxylation is 1. The number of hydrogen-bond acceptors (Lipinski definition) is 2. The molecule has 0 bridgehead atoms. The summed E-state index contributed by atoms with van der Waals surface area (Å²) in [6, 6.07) is 10.6. The lowest BCUT2D eigenvalue weighted by molar-refractivity contribution is 0.817. The highest BCUT2D eigenvalue weighted by molar-refractivity contribution is 7.19. The molecular weight excluding hydrogens is 238 g/mol. The van der Waals surface area contributed by atoms with Crippen molar-refractivity contribution < 1.29 is 0 Å². The minimum Gasteiger partial charge on any atom is -0.316 e. The molecule has 1 aromatic carbocycles. The molecule has 2 aromatic rings. The quantitative estimate of drug-likeness (QED) is 0.866. The van der Waals surface area contributed by atoms with Gasteiger partial charge in [-0.3, -0.25) is 0 Å². The van der Waals surface area contributed by atoms with Crippen molar-refractivity contribution in [2.24, 2.45) is 0 Å². The largest absolute Gasteiger partial charge is 0.316 e. The van der Waals surface area contributed by atoms with Gasteiger partial charge in [-0.05, 0) is 42.8 Å². The topological polar surface area (TPSA) is 12.0 Å². The Morgan fingerprint density at radius 1 is 1.25 bits per heavy atom. The zero-order valence-corrected chi connectivity index (χ0v) is 11.0. The fourth-order valence-electron chi connectivity index (χ4n) is 1.78. The van der Waals surface area contributed by atoms with Gasteiger partial charge in [-0.25, -0.2) is 0 Å². The first-order chi connectivity index (χ1) is 7.70. The highest BCUT2D eigenvalue weighted by Gasteiger charge is 2.05. The summed E-state index contributed by atoms with van der Waals surface area (Å²) in [6.07, 6.45) is 0. The van der Waals surface area contributed by atoms with Gasteiger partial charge < -0.3 is 5.32 Å². The predicted molar refractivity (Wildman–Crippen MR) is 72.3 cm³/mol. The normalized spacial score (nSPS) is 10.7. The Hall–Kier alpha value is -0.830. The summed E-state index contributed by atoms with van der Waals surface area (Å²) in [5.41, 5.74) is 3.88. The Balaban J connectivity index is 2.36. The molecule has 0 saturated heterocycles. The highest BCUT2D eigenvalue weighted by atomic mass is 35.5. The molecule has 0 aliphatic heterocycles. The van der Waals surface area contributed by atoms with E-state index < -0.39 is 0 Å². The lowest BCUT2D eigenvalue weighted by Gasteiger charge is -2.06. The molecule has 1 N–H and O–H groups in total. The monoisotopic (exact) mass is 251 g/mol. The summed E-state index contributed by atoms with van der Waals surface area (Å²) in [5, 5.41) is 3.16. The van der Waals surface area contributed by atoms with E-state index >= 15 is 0 Å². The third kappa shape index (κ3) is 2.46. The average Bonchev–Trinajstić information content (AvgIpc) is 2.65. The molecule has 2 rings (SSSR count). The van der Waals surface area contributed by atoms with E-state index in [1.165, 1.54) is 21.6 Å². The van der Waals surface area contributed by atoms with Crippen molar-refractivity contribution in [2.75, 3.05) is 7.05 Å². The van der Waals surface area contributed by atoms with Crippen LogP contribution < -0.4 is 5.32 Å². The molecular formula is C13H14ClNS. The molecule has 0 unspecified atom stereocenters. The first-order valence-corrected chi connectivity index (χ1v) is 6.40. The number of rotatable bonds is 3. The molecule has 1 heterocycles. The van der Waals surface area contributed by atoms with Crippen molar-refractivity contribution in [3.63, 3.8) is 0 Å². The Bertz CT molecular complexity index is 490. The standard InChI is InChI=1S/C13H14ClNS/c1-9-7-10(8-15-2)3-4-11(9)12-5-6-13(14)16-12/h3-7,15H,8H2,1-2H3. The Morgan fingerprint density at radius 2 is 2.06 bits per heavy atom. The van der Waals surface area contributed by atoms with Gasteiger partial charge in [0, 0.05) is 11.4 Å². The molecule has 0 fully saturated rings. The van der Waals surface area contributed by atoms with E-state index in [0.29, 0.717) is 0 Å². The van der Waals surface area contributed by atoms with E-state index in [2.05, 4.69) is 36.5 Å². The number of thiophene rings is 1. The summed E-state index contributed by atoms with van der Waals surface area (Å²) in [7, 11) is 1.96. The van der Waals surface area contributed by atoms with E-state index in [9.17, 15) is 0 Å². The maximum atomic E-state index is 5.95. The molecule has 1 aromatic heterocycles. The summed E-state index contributed by atoms with van der Waals surface area (Å²) in [4.78, 5) is 1.23. The second-order valence-corrected chi connectivity index (χ2v) is 5.50. The summed E-state index contributed by atoms with van der Waals surface area (Å²) >= 11 is 7.58. The number of nitrogens with one attached hydrogen (secondary N) is 1. The van der Waals surface area contributed by atoms with Crippen LogP contribution in [0, 0.1) is 6.92 Å². The van der Waals surface area contributed by atoms with Crippen LogP contribution in [0.5, 0.6) is 0 Å². The Kier molecular flexibility index (Phi) is 3.64. The molecule has 0 aliphatic rings. The van der Waals surface area contributed by atoms with Crippen LogP contribution in [0.4, 0.5) is 0 Å². The molecule has 3 heteroatoms. The van der Waals surface area contributed by atoms with Crippen LogP contribution in [-0.4, -0.2) is 7.05 Å². The van der Waals surface area contributed by atoms with Gasteiger partial charge in [-0.1, -0.05) is 29.8 Å². The molecule has 0 radical (unpaired) electrons. The maximum Gasteiger partial charge on any atom is 0.0934 e. The lowest BCUT2D eigenvalue weighted by atomic mass is 10.0. The summed E-state index contributed by atoms with van der Waals surface area (Å²) < 4.78 is 0.841. The third-order valence-electron chi connectivity index (χ3n) is 2.51. The van der Waals surface area contributed by atoms with Gasteiger partial charge in [0.2, 0.25) is 0 Å². The summed E-state index contributed by atoms with van der Waals surface area (Å²) in [6.45, 7) is 3.05. The van der Waals surface area contributed by atoms with Gasteiger partial charge in [-0.15, -0.1) is 11.3 Å².